The molecule has 3 aromatic rings. The van der Waals surface area contributed by atoms with E-state index in [2.05, 4.69) is 15.4 Å². The van der Waals surface area contributed by atoms with E-state index in [4.69, 9.17) is 0 Å². The monoisotopic (exact) mass is 306 g/mol. The smallest absolute Gasteiger partial charge is 0.244 e. The molecule has 0 fully saturated rings. The van der Waals surface area contributed by atoms with Gasteiger partial charge in [-0.2, -0.15) is 5.10 Å². The van der Waals surface area contributed by atoms with Gasteiger partial charge in [0.15, 0.2) is 0 Å². The lowest BCUT2D eigenvalue weighted by Crippen LogP contribution is -2.30. The van der Waals surface area contributed by atoms with Gasteiger partial charge in [0.1, 0.15) is 6.04 Å². The highest BCUT2D eigenvalue weighted by atomic mass is 16.2. The van der Waals surface area contributed by atoms with E-state index in [1.807, 2.05) is 49.5 Å². The predicted octanol–water partition coefficient (Wildman–Crippen LogP) is 2.82. The number of rotatable bonds is 5. The lowest BCUT2D eigenvalue weighted by Gasteiger charge is -2.13. The number of benzene rings is 1. The molecule has 1 aromatic carbocycles. The molecule has 116 valence electrons. The number of hydrogen-bond acceptors (Lipinski definition) is 3. The molecule has 2 heterocycles. The van der Waals surface area contributed by atoms with Gasteiger partial charge in [-0.25, -0.2) is 0 Å². The largest absolute Gasteiger partial charge is 0.350 e. The lowest BCUT2D eigenvalue weighted by molar-refractivity contribution is -0.124. The van der Waals surface area contributed by atoms with Gasteiger partial charge in [0.05, 0.1) is 0 Å². The molecule has 1 N–H and O–H groups in total. The first-order valence-electron chi connectivity index (χ1n) is 7.50. The molecule has 3 rings (SSSR count). The normalized spacial score (nSPS) is 11.9. The van der Waals surface area contributed by atoms with Crippen LogP contribution in [-0.2, 0) is 11.3 Å². The standard InChI is InChI=1S/C18H18N4O/c1-14(22-11-3-10-21-22)18(23)20-12-15-5-7-16(8-6-15)17-4-2-9-19-13-17/h2-11,13-14H,12H2,1H3,(H,20,23)/t14-/m0/s1. The molecule has 0 bridgehead atoms. The van der Waals surface area contributed by atoms with Gasteiger partial charge in [-0.1, -0.05) is 30.3 Å². The van der Waals surface area contributed by atoms with Crippen LogP contribution in [0.2, 0.25) is 0 Å². The summed E-state index contributed by atoms with van der Waals surface area (Å²) in [7, 11) is 0. The van der Waals surface area contributed by atoms with Crippen molar-refractivity contribution in [3.63, 3.8) is 0 Å². The summed E-state index contributed by atoms with van der Waals surface area (Å²) in [5, 5.41) is 7.02. The predicted molar refractivity (Wildman–Crippen MR) is 88.5 cm³/mol. The number of nitrogens with one attached hydrogen (secondary N) is 1. The van der Waals surface area contributed by atoms with Crippen LogP contribution < -0.4 is 5.32 Å². The van der Waals surface area contributed by atoms with Gasteiger partial charge in [-0.15, -0.1) is 0 Å². The molecular formula is C18H18N4O. The molecular weight excluding hydrogens is 288 g/mol. The molecule has 1 atom stereocenters. The van der Waals surface area contributed by atoms with Crippen molar-refractivity contribution in [3.8, 4) is 11.1 Å². The number of carbonyl (C=O) groups is 1. The van der Waals surface area contributed by atoms with Crippen molar-refractivity contribution in [1.29, 1.82) is 0 Å². The van der Waals surface area contributed by atoms with Gasteiger partial charge in [0, 0.05) is 31.3 Å². The molecule has 23 heavy (non-hydrogen) atoms. The fourth-order valence-corrected chi connectivity index (χ4v) is 2.32. The third-order valence-corrected chi connectivity index (χ3v) is 3.72. The van der Waals surface area contributed by atoms with Gasteiger partial charge in [0.25, 0.3) is 0 Å². The third-order valence-electron chi connectivity index (χ3n) is 3.72. The van der Waals surface area contributed by atoms with Crippen LogP contribution in [0.1, 0.15) is 18.5 Å². The molecule has 0 aliphatic carbocycles. The number of nitrogens with zero attached hydrogens (tertiary/aromatic N) is 3. The minimum Gasteiger partial charge on any atom is -0.350 e. The van der Waals surface area contributed by atoms with Crippen molar-refractivity contribution in [2.45, 2.75) is 19.5 Å². The molecule has 0 saturated heterocycles. The Hall–Kier alpha value is -2.95. The van der Waals surface area contributed by atoms with E-state index in [1.165, 1.54) is 0 Å². The van der Waals surface area contributed by atoms with Crippen molar-refractivity contribution in [2.24, 2.45) is 0 Å². The minimum atomic E-state index is -0.320. The second-order valence-electron chi connectivity index (χ2n) is 5.32. The summed E-state index contributed by atoms with van der Waals surface area (Å²) in [6, 6.07) is 13.5. The van der Waals surface area contributed by atoms with Crippen molar-refractivity contribution < 1.29 is 4.79 Å². The van der Waals surface area contributed by atoms with E-state index >= 15 is 0 Å². The SMILES string of the molecule is C[C@@H](C(=O)NCc1ccc(-c2cccnc2)cc1)n1cccn1. The second kappa shape index (κ2) is 6.87. The van der Waals surface area contributed by atoms with Crippen molar-refractivity contribution in [3.05, 3.63) is 72.8 Å². The Balaban J connectivity index is 1.60. The molecule has 0 radical (unpaired) electrons. The Labute approximate surface area is 135 Å². The fourth-order valence-electron chi connectivity index (χ4n) is 2.32. The average Bonchev–Trinajstić information content (AvgIpc) is 3.15. The summed E-state index contributed by atoms with van der Waals surface area (Å²) in [5.41, 5.74) is 3.24. The Kier molecular flexibility index (Phi) is 4.47. The highest BCUT2D eigenvalue weighted by Crippen LogP contribution is 2.18. The Morgan fingerprint density at radius 2 is 1.96 bits per heavy atom. The van der Waals surface area contributed by atoms with Crippen LogP contribution in [-0.4, -0.2) is 20.7 Å². The van der Waals surface area contributed by atoms with Crippen molar-refractivity contribution >= 4 is 5.91 Å². The van der Waals surface area contributed by atoms with E-state index in [0.29, 0.717) is 6.54 Å². The van der Waals surface area contributed by atoms with E-state index in [9.17, 15) is 4.79 Å². The summed E-state index contributed by atoms with van der Waals surface area (Å²) in [4.78, 5) is 16.2. The molecule has 0 aliphatic rings. The quantitative estimate of drug-likeness (QED) is 0.788. The first-order valence-corrected chi connectivity index (χ1v) is 7.50. The average molecular weight is 306 g/mol. The number of aromatic nitrogens is 3. The van der Waals surface area contributed by atoms with Gasteiger partial charge < -0.3 is 5.32 Å². The zero-order chi connectivity index (χ0) is 16.1. The summed E-state index contributed by atoms with van der Waals surface area (Å²) in [6.07, 6.45) is 7.05. The van der Waals surface area contributed by atoms with Gasteiger partial charge in [-0.3, -0.25) is 14.5 Å². The zero-order valence-electron chi connectivity index (χ0n) is 12.9. The van der Waals surface area contributed by atoms with Crippen LogP contribution in [0.4, 0.5) is 0 Å². The molecule has 0 unspecified atom stereocenters. The summed E-state index contributed by atoms with van der Waals surface area (Å²) < 4.78 is 1.64. The highest BCUT2D eigenvalue weighted by Gasteiger charge is 2.14. The number of amides is 1. The highest BCUT2D eigenvalue weighted by molar-refractivity contribution is 5.79. The number of carbonyl (C=O) groups excluding carboxylic acids is 1. The van der Waals surface area contributed by atoms with Crippen LogP contribution in [0.3, 0.4) is 0 Å². The molecule has 0 spiro atoms. The summed E-state index contributed by atoms with van der Waals surface area (Å²) in [5.74, 6) is -0.0509. The van der Waals surface area contributed by atoms with Crippen LogP contribution in [0.15, 0.2) is 67.3 Å². The van der Waals surface area contributed by atoms with Crippen LogP contribution in [0.25, 0.3) is 11.1 Å². The van der Waals surface area contributed by atoms with Crippen molar-refractivity contribution in [2.75, 3.05) is 0 Å². The lowest BCUT2D eigenvalue weighted by atomic mass is 10.1. The second-order valence-corrected chi connectivity index (χ2v) is 5.32. The van der Waals surface area contributed by atoms with E-state index in [-0.39, 0.29) is 11.9 Å². The maximum Gasteiger partial charge on any atom is 0.244 e. The number of pyridine rings is 1. The van der Waals surface area contributed by atoms with Crippen LogP contribution in [0.5, 0.6) is 0 Å². The summed E-state index contributed by atoms with van der Waals surface area (Å²) >= 11 is 0. The molecule has 0 saturated carbocycles. The number of hydrogen-bond donors (Lipinski definition) is 1. The topological polar surface area (TPSA) is 59.8 Å². The molecule has 5 heteroatoms. The molecule has 5 nitrogen and oxygen atoms in total. The van der Waals surface area contributed by atoms with E-state index in [1.54, 1.807) is 29.3 Å². The van der Waals surface area contributed by atoms with Gasteiger partial charge in [0.2, 0.25) is 5.91 Å². The van der Waals surface area contributed by atoms with Crippen molar-refractivity contribution in [1.82, 2.24) is 20.1 Å². The first kappa shape index (κ1) is 15.0. The fraction of sp³-hybridized carbons (Fsp3) is 0.167. The first-order chi connectivity index (χ1) is 11.2. The maximum atomic E-state index is 12.1. The van der Waals surface area contributed by atoms with Crippen LogP contribution in [0, 0.1) is 0 Å². The summed E-state index contributed by atoms with van der Waals surface area (Å²) in [6.45, 7) is 2.32. The molecule has 1 amide bonds. The zero-order valence-corrected chi connectivity index (χ0v) is 12.9. The van der Waals surface area contributed by atoms with E-state index in [0.717, 1.165) is 16.7 Å². The maximum absolute atomic E-state index is 12.1. The Morgan fingerprint density at radius 1 is 1.13 bits per heavy atom. The molecule has 2 aromatic heterocycles. The molecule has 0 aliphatic heterocycles. The van der Waals surface area contributed by atoms with E-state index < -0.39 is 0 Å². The minimum absolute atomic E-state index is 0.0509. The third kappa shape index (κ3) is 3.63. The Morgan fingerprint density at radius 3 is 2.61 bits per heavy atom. The van der Waals surface area contributed by atoms with Gasteiger partial charge >= 0.3 is 0 Å². The van der Waals surface area contributed by atoms with Crippen LogP contribution >= 0.6 is 0 Å². The van der Waals surface area contributed by atoms with Gasteiger partial charge in [-0.05, 0) is 35.7 Å². The Bertz CT molecular complexity index is 751.